The molecule has 1 fully saturated rings. The summed E-state index contributed by atoms with van der Waals surface area (Å²) in [7, 11) is 7.00. The van der Waals surface area contributed by atoms with Crippen LogP contribution in [0.1, 0.15) is 10.5 Å². The molecule has 1 aromatic heterocycles. The van der Waals surface area contributed by atoms with E-state index in [2.05, 4.69) is 4.98 Å². The minimum Gasteiger partial charge on any atom is -0.496 e. The second-order valence-electron chi connectivity index (χ2n) is 6.58. The topological polar surface area (TPSA) is 68.9 Å². The minimum absolute atomic E-state index is 0.0123. The van der Waals surface area contributed by atoms with Gasteiger partial charge in [-0.1, -0.05) is 6.07 Å². The lowest BCUT2D eigenvalue weighted by molar-refractivity contribution is -0.135. The van der Waals surface area contributed by atoms with Gasteiger partial charge in [0.2, 0.25) is 5.91 Å². The zero-order valence-corrected chi connectivity index (χ0v) is 15.1. The first-order valence-corrected chi connectivity index (χ1v) is 8.28. The first kappa shape index (κ1) is 17.3. The van der Waals surface area contributed by atoms with Crippen LogP contribution >= 0.6 is 0 Å². The molecule has 7 heteroatoms. The Morgan fingerprint density at radius 3 is 2.72 bits per heavy atom. The van der Waals surface area contributed by atoms with Gasteiger partial charge in [0.25, 0.3) is 5.91 Å². The van der Waals surface area contributed by atoms with E-state index < -0.39 is 0 Å². The summed E-state index contributed by atoms with van der Waals surface area (Å²) >= 11 is 0. The van der Waals surface area contributed by atoms with Gasteiger partial charge in [0.05, 0.1) is 7.11 Å². The van der Waals surface area contributed by atoms with E-state index >= 15 is 0 Å². The number of aromatic nitrogens is 1. The summed E-state index contributed by atoms with van der Waals surface area (Å²) in [5.74, 6) is 0.646. The van der Waals surface area contributed by atoms with Gasteiger partial charge in [-0.2, -0.15) is 0 Å². The highest BCUT2D eigenvalue weighted by molar-refractivity contribution is 6.00. The van der Waals surface area contributed by atoms with Crippen molar-refractivity contribution < 1.29 is 14.3 Å². The molecule has 2 aromatic rings. The van der Waals surface area contributed by atoms with Gasteiger partial charge < -0.3 is 19.5 Å². The predicted octanol–water partition coefficient (Wildman–Crippen LogP) is 1.02. The highest BCUT2D eigenvalue weighted by Gasteiger charge is 2.33. The molecule has 0 aliphatic carbocycles. The fourth-order valence-electron chi connectivity index (χ4n) is 3.21. The number of H-pyrrole nitrogens is 1. The molecule has 2 heterocycles. The maximum atomic E-state index is 12.9. The molecule has 3 rings (SSSR count). The Kier molecular flexibility index (Phi) is 4.67. The monoisotopic (exact) mass is 344 g/mol. The number of nitrogens with zero attached hydrogens (tertiary/aromatic N) is 3. The average molecular weight is 344 g/mol. The van der Waals surface area contributed by atoms with E-state index in [4.69, 9.17) is 4.74 Å². The number of fused-ring (bicyclic) bond motifs is 1. The van der Waals surface area contributed by atoms with E-state index in [0.29, 0.717) is 25.3 Å². The lowest BCUT2D eigenvalue weighted by Crippen LogP contribution is -2.58. The van der Waals surface area contributed by atoms with Crippen LogP contribution in [0.2, 0.25) is 0 Å². The Hall–Kier alpha value is -2.54. The average Bonchev–Trinajstić information content (AvgIpc) is 3.05. The SMILES string of the molecule is COc1cccc2[nH]c(C(=O)N3CCN(C)[C@H](C(=O)N(C)C)C3)cc12. The molecule has 1 saturated heterocycles. The highest BCUT2D eigenvalue weighted by Crippen LogP contribution is 2.26. The second kappa shape index (κ2) is 6.76. The van der Waals surface area contributed by atoms with Crippen LogP contribution in [0.15, 0.2) is 24.3 Å². The van der Waals surface area contributed by atoms with Gasteiger partial charge in [-0.3, -0.25) is 14.5 Å². The largest absolute Gasteiger partial charge is 0.496 e. The third-order valence-electron chi connectivity index (χ3n) is 4.74. The van der Waals surface area contributed by atoms with Crippen LogP contribution in [0.5, 0.6) is 5.75 Å². The molecule has 0 bridgehead atoms. The number of benzene rings is 1. The molecule has 1 N–H and O–H groups in total. The smallest absolute Gasteiger partial charge is 0.270 e. The number of likely N-dealkylation sites (N-methyl/N-ethyl adjacent to an activating group) is 2. The molecule has 2 amide bonds. The summed E-state index contributed by atoms with van der Waals surface area (Å²) in [6.07, 6.45) is 0. The van der Waals surface area contributed by atoms with Gasteiger partial charge in [0.1, 0.15) is 17.5 Å². The number of carbonyl (C=O) groups is 2. The van der Waals surface area contributed by atoms with Crippen molar-refractivity contribution in [3.63, 3.8) is 0 Å². The van der Waals surface area contributed by atoms with E-state index in [1.165, 1.54) is 0 Å². The van der Waals surface area contributed by atoms with E-state index in [1.807, 2.05) is 36.2 Å². The number of hydrogen-bond acceptors (Lipinski definition) is 4. The molecule has 1 aliphatic heterocycles. The molecular formula is C18H24N4O3. The summed E-state index contributed by atoms with van der Waals surface area (Å²) in [4.78, 5) is 33.8. The van der Waals surface area contributed by atoms with Crippen LogP contribution in [0.3, 0.4) is 0 Å². The van der Waals surface area contributed by atoms with Crippen LogP contribution in [-0.2, 0) is 4.79 Å². The van der Waals surface area contributed by atoms with E-state index in [1.54, 1.807) is 31.0 Å². The summed E-state index contributed by atoms with van der Waals surface area (Å²) in [6.45, 7) is 1.65. The standard InChI is InChI=1S/C18H24N4O3/c1-20(2)18(24)15-11-22(9-8-21(15)3)17(23)14-10-12-13(19-14)6-5-7-16(12)25-4/h5-7,10,15,19H,8-9,11H2,1-4H3/t15-/m0/s1. The Morgan fingerprint density at radius 2 is 2.04 bits per heavy atom. The zero-order chi connectivity index (χ0) is 18.1. The van der Waals surface area contributed by atoms with Crippen LogP contribution in [0.25, 0.3) is 10.9 Å². The van der Waals surface area contributed by atoms with Gasteiger partial charge >= 0.3 is 0 Å². The van der Waals surface area contributed by atoms with Crippen LogP contribution in [0.4, 0.5) is 0 Å². The van der Waals surface area contributed by atoms with Crippen LogP contribution < -0.4 is 4.74 Å². The Morgan fingerprint density at radius 1 is 1.28 bits per heavy atom. The zero-order valence-electron chi connectivity index (χ0n) is 15.1. The lowest BCUT2D eigenvalue weighted by atomic mass is 10.1. The van der Waals surface area contributed by atoms with Crippen molar-refractivity contribution in [2.45, 2.75) is 6.04 Å². The number of hydrogen-bond donors (Lipinski definition) is 1. The van der Waals surface area contributed by atoms with Crippen molar-refractivity contribution in [1.29, 1.82) is 0 Å². The fourth-order valence-corrected chi connectivity index (χ4v) is 3.21. The molecule has 0 saturated carbocycles. The lowest BCUT2D eigenvalue weighted by Gasteiger charge is -2.39. The number of methoxy groups -OCH3 is 1. The number of ether oxygens (including phenoxy) is 1. The number of aromatic amines is 1. The van der Waals surface area contributed by atoms with Gasteiger partial charge in [-0.15, -0.1) is 0 Å². The van der Waals surface area contributed by atoms with Gasteiger partial charge in [-0.05, 0) is 25.2 Å². The molecule has 7 nitrogen and oxygen atoms in total. The summed E-state index contributed by atoms with van der Waals surface area (Å²) < 4.78 is 5.35. The number of nitrogens with one attached hydrogen (secondary N) is 1. The summed E-state index contributed by atoms with van der Waals surface area (Å²) in [6, 6.07) is 7.17. The van der Waals surface area contributed by atoms with Gasteiger partial charge in [0, 0.05) is 44.6 Å². The van der Waals surface area contributed by atoms with Crippen LogP contribution in [0, 0.1) is 0 Å². The first-order chi connectivity index (χ1) is 11.9. The Balaban J connectivity index is 1.84. The molecule has 1 aliphatic rings. The molecule has 1 aromatic carbocycles. The van der Waals surface area contributed by atoms with Crippen molar-refractivity contribution in [2.75, 3.05) is 47.9 Å². The van der Waals surface area contributed by atoms with E-state index in [-0.39, 0.29) is 17.9 Å². The number of piperazine rings is 1. The number of rotatable bonds is 3. The fraction of sp³-hybridized carbons (Fsp3) is 0.444. The molecule has 1 atom stereocenters. The van der Waals surface area contributed by atoms with Crippen molar-refractivity contribution >= 4 is 22.7 Å². The summed E-state index contributed by atoms with van der Waals surface area (Å²) in [5, 5.41) is 0.878. The normalized spacial score (nSPS) is 18.4. The van der Waals surface area contributed by atoms with Crippen molar-refractivity contribution in [2.24, 2.45) is 0 Å². The maximum Gasteiger partial charge on any atom is 0.270 e. The van der Waals surface area contributed by atoms with Gasteiger partial charge in [0.15, 0.2) is 0 Å². The Bertz CT molecular complexity index is 799. The second-order valence-corrected chi connectivity index (χ2v) is 6.58. The van der Waals surface area contributed by atoms with Crippen LogP contribution in [-0.4, -0.2) is 85.4 Å². The maximum absolute atomic E-state index is 12.9. The molecule has 0 unspecified atom stereocenters. The third-order valence-corrected chi connectivity index (χ3v) is 4.74. The summed E-state index contributed by atoms with van der Waals surface area (Å²) in [5.41, 5.74) is 1.37. The molecule has 0 spiro atoms. The van der Waals surface area contributed by atoms with Crippen molar-refractivity contribution in [1.82, 2.24) is 19.7 Å². The Labute approximate surface area is 147 Å². The quantitative estimate of drug-likeness (QED) is 0.903. The first-order valence-electron chi connectivity index (χ1n) is 8.28. The molecular weight excluding hydrogens is 320 g/mol. The van der Waals surface area contributed by atoms with Gasteiger partial charge in [-0.25, -0.2) is 0 Å². The predicted molar refractivity (Wildman–Crippen MR) is 95.9 cm³/mol. The molecule has 134 valence electrons. The van der Waals surface area contributed by atoms with Crippen molar-refractivity contribution in [3.8, 4) is 5.75 Å². The minimum atomic E-state index is -0.313. The highest BCUT2D eigenvalue weighted by atomic mass is 16.5. The number of carbonyl (C=O) groups excluding carboxylic acids is 2. The molecule has 0 radical (unpaired) electrons. The van der Waals surface area contributed by atoms with E-state index in [0.717, 1.165) is 16.7 Å². The number of amides is 2. The molecule has 25 heavy (non-hydrogen) atoms. The van der Waals surface area contributed by atoms with E-state index in [9.17, 15) is 9.59 Å². The third kappa shape index (κ3) is 3.19. The van der Waals surface area contributed by atoms with Crippen molar-refractivity contribution in [3.05, 3.63) is 30.0 Å².